The maximum absolute atomic E-state index is 12.9. The van der Waals surface area contributed by atoms with Gasteiger partial charge in [-0.2, -0.15) is 0 Å². The largest absolute Gasteiger partial charge is 0.390 e. The van der Waals surface area contributed by atoms with Gasteiger partial charge in [-0.15, -0.1) is 0 Å². The topological polar surface area (TPSA) is 46.2 Å². The molecule has 0 unspecified atom stereocenters. The van der Waals surface area contributed by atoms with Crippen molar-refractivity contribution in [1.82, 2.24) is 0 Å². The Bertz CT molecular complexity index is 402. The van der Waals surface area contributed by atoms with Crippen LogP contribution < -0.4 is 5.73 Å². The van der Waals surface area contributed by atoms with Gasteiger partial charge in [-0.3, -0.25) is 0 Å². The van der Waals surface area contributed by atoms with E-state index in [-0.39, 0.29) is 11.9 Å². The van der Waals surface area contributed by atoms with Gasteiger partial charge in [0.2, 0.25) is 0 Å². The van der Waals surface area contributed by atoms with E-state index in [1.807, 2.05) is 0 Å². The smallest absolute Gasteiger partial charge is 0.124 e. The van der Waals surface area contributed by atoms with E-state index in [0.717, 1.165) is 18.4 Å². The van der Waals surface area contributed by atoms with Gasteiger partial charge in [0.05, 0.1) is 5.60 Å². The molecule has 0 atom stereocenters. The van der Waals surface area contributed by atoms with Gasteiger partial charge in [0, 0.05) is 17.5 Å². The van der Waals surface area contributed by atoms with E-state index in [9.17, 15) is 9.50 Å². The molecular formula is C13H17ClFNO. The minimum atomic E-state index is -0.739. The summed E-state index contributed by atoms with van der Waals surface area (Å²) in [5, 5.41) is 10.8. The van der Waals surface area contributed by atoms with Crippen LogP contribution in [0.15, 0.2) is 18.2 Å². The molecule has 0 bridgehead atoms. The Labute approximate surface area is 106 Å². The molecule has 17 heavy (non-hydrogen) atoms. The number of aliphatic hydroxyl groups is 1. The van der Waals surface area contributed by atoms with E-state index in [0.29, 0.717) is 24.3 Å². The third kappa shape index (κ3) is 3.18. The maximum Gasteiger partial charge on any atom is 0.124 e. The van der Waals surface area contributed by atoms with Crippen molar-refractivity contribution in [3.05, 3.63) is 34.6 Å². The number of hydrogen-bond donors (Lipinski definition) is 2. The lowest BCUT2D eigenvalue weighted by Gasteiger charge is -2.35. The van der Waals surface area contributed by atoms with Crippen molar-refractivity contribution in [3.63, 3.8) is 0 Å². The van der Waals surface area contributed by atoms with Gasteiger partial charge >= 0.3 is 0 Å². The Morgan fingerprint density at radius 2 is 2.06 bits per heavy atom. The van der Waals surface area contributed by atoms with Gasteiger partial charge in [-0.1, -0.05) is 17.7 Å². The van der Waals surface area contributed by atoms with Crippen molar-refractivity contribution in [2.45, 2.75) is 43.7 Å². The summed E-state index contributed by atoms with van der Waals surface area (Å²) in [6.45, 7) is 0. The number of hydrogen-bond acceptors (Lipinski definition) is 2. The second kappa shape index (κ2) is 4.92. The highest BCUT2D eigenvalue weighted by atomic mass is 35.5. The van der Waals surface area contributed by atoms with Crippen molar-refractivity contribution in [1.29, 1.82) is 0 Å². The molecule has 0 amide bonds. The molecule has 0 aromatic heterocycles. The molecule has 1 saturated carbocycles. The van der Waals surface area contributed by atoms with Gasteiger partial charge in [-0.25, -0.2) is 4.39 Å². The fourth-order valence-electron chi connectivity index (χ4n) is 2.37. The zero-order valence-electron chi connectivity index (χ0n) is 9.63. The van der Waals surface area contributed by atoms with Crippen LogP contribution in [0.4, 0.5) is 4.39 Å². The molecule has 0 saturated heterocycles. The lowest BCUT2D eigenvalue weighted by atomic mass is 9.79. The molecule has 0 aliphatic heterocycles. The van der Waals surface area contributed by atoms with Crippen molar-refractivity contribution < 1.29 is 9.50 Å². The van der Waals surface area contributed by atoms with Crippen LogP contribution in [0.3, 0.4) is 0 Å². The van der Waals surface area contributed by atoms with E-state index >= 15 is 0 Å². The molecule has 2 nitrogen and oxygen atoms in total. The first-order valence-corrected chi connectivity index (χ1v) is 6.28. The minimum Gasteiger partial charge on any atom is -0.390 e. The van der Waals surface area contributed by atoms with Crippen LogP contribution in [-0.4, -0.2) is 16.7 Å². The first-order chi connectivity index (χ1) is 7.98. The third-order valence-electron chi connectivity index (χ3n) is 3.50. The summed E-state index contributed by atoms with van der Waals surface area (Å²) in [6.07, 6.45) is 3.49. The molecule has 1 aromatic carbocycles. The Kier molecular flexibility index (Phi) is 3.71. The standard InChI is InChI=1S/C13H17ClFNO/c14-12-7-10(15)2-1-9(12)8-13(17)5-3-11(16)4-6-13/h1-2,7,11,17H,3-6,8,16H2. The van der Waals surface area contributed by atoms with Crippen LogP contribution >= 0.6 is 11.6 Å². The summed E-state index contributed by atoms with van der Waals surface area (Å²) in [5.74, 6) is -0.351. The van der Waals surface area contributed by atoms with Crippen LogP contribution in [0.25, 0.3) is 0 Å². The van der Waals surface area contributed by atoms with E-state index in [4.69, 9.17) is 17.3 Å². The predicted octanol–water partition coefficient (Wildman–Crippen LogP) is 2.65. The average Bonchev–Trinajstić information content (AvgIpc) is 2.27. The normalized spacial score (nSPS) is 29.3. The number of halogens is 2. The highest BCUT2D eigenvalue weighted by Gasteiger charge is 2.32. The molecule has 3 N–H and O–H groups in total. The lowest BCUT2D eigenvalue weighted by Crippen LogP contribution is -2.40. The fourth-order valence-corrected chi connectivity index (χ4v) is 2.61. The predicted molar refractivity (Wildman–Crippen MR) is 66.5 cm³/mol. The molecule has 4 heteroatoms. The highest BCUT2D eigenvalue weighted by Crippen LogP contribution is 2.32. The molecule has 0 spiro atoms. The molecule has 1 aliphatic rings. The summed E-state index contributed by atoms with van der Waals surface area (Å²) in [7, 11) is 0. The summed E-state index contributed by atoms with van der Waals surface area (Å²) >= 11 is 5.96. The fraction of sp³-hybridized carbons (Fsp3) is 0.538. The molecule has 1 aliphatic carbocycles. The number of rotatable bonds is 2. The lowest BCUT2D eigenvalue weighted by molar-refractivity contribution is 0.000215. The second-order valence-electron chi connectivity index (χ2n) is 4.97. The van der Waals surface area contributed by atoms with E-state index in [1.54, 1.807) is 6.07 Å². The first kappa shape index (κ1) is 12.8. The molecule has 1 aromatic rings. The van der Waals surface area contributed by atoms with Gasteiger partial charge in [0.25, 0.3) is 0 Å². The van der Waals surface area contributed by atoms with Crippen LogP contribution in [0.1, 0.15) is 31.2 Å². The van der Waals surface area contributed by atoms with Crippen molar-refractivity contribution in [2.24, 2.45) is 5.73 Å². The third-order valence-corrected chi connectivity index (χ3v) is 3.85. The molecule has 0 heterocycles. The van der Waals surface area contributed by atoms with Crippen LogP contribution in [0, 0.1) is 5.82 Å². The highest BCUT2D eigenvalue weighted by molar-refractivity contribution is 6.31. The first-order valence-electron chi connectivity index (χ1n) is 5.90. The van der Waals surface area contributed by atoms with E-state index in [2.05, 4.69) is 0 Å². The number of benzene rings is 1. The average molecular weight is 258 g/mol. The van der Waals surface area contributed by atoms with E-state index < -0.39 is 5.60 Å². The second-order valence-corrected chi connectivity index (χ2v) is 5.38. The van der Waals surface area contributed by atoms with Crippen LogP contribution in [-0.2, 0) is 6.42 Å². The van der Waals surface area contributed by atoms with Crippen molar-refractivity contribution in [2.75, 3.05) is 0 Å². The zero-order chi connectivity index (χ0) is 12.5. The zero-order valence-corrected chi connectivity index (χ0v) is 10.4. The summed E-state index contributed by atoms with van der Waals surface area (Å²) < 4.78 is 12.9. The van der Waals surface area contributed by atoms with Gasteiger partial charge in [-0.05, 0) is 43.4 Å². The van der Waals surface area contributed by atoms with Crippen LogP contribution in [0.2, 0.25) is 5.02 Å². The Balaban J connectivity index is 2.09. The number of nitrogens with two attached hydrogens (primary N) is 1. The molecule has 1 fully saturated rings. The van der Waals surface area contributed by atoms with Crippen molar-refractivity contribution >= 4 is 11.6 Å². The summed E-state index contributed by atoms with van der Waals surface area (Å²) in [6, 6.07) is 4.50. The summed E-state index contributed by atoms with van der Waals surface area (Å²) in [4.78, 5) is 0. The SMILES string of the molecule is NC1CCC(O)(Cc2ccc(F)cc2Cl)CC1. The Morgan fingerprint density at radius 1 is 1.41 bits per heavy atom. The summed E-state index contributed by atoms with van der Waals surface area (Å²) in [5.41, 5.74) is 5.87. The van der Waals surface area contributed by atoms with E-state index in [1.165, 1.54) is 12.1 Å². The molecular weight excluding hydrogens is 241 g/mol. The Hall–Kier alpha value is -0.640. The van der Waals surface area contributed by atoms with Crippen molar-refractivity contribution in [3.8, 4) is 0 Å². The van der Waals surface area contributed by atoms with Gasteiger partial charge in [0.15, 0.2) is 0 Å². The molecule has 0 radical (unpaired) electrons. The monoisotopic (exact) mass is 257 g/mol. The van der Waals surface area contributed by atoms with Gasteiger partial charge in [0.1, 0.15) is 5.82 Å². The molecule has 2 rings (SSSR count). The quantitative estimate of drug-likeness (QED) is 0.856. The Morgan fingerprint density at radius 3 is 2.65 bits per heavy atom. The maximum atomic E-state index is 12.9. The van der Waals surface area contributed by atoms with Gasteiger partial charge < -0.3 is 10.8 Å². The minimum absolute atomic E-state index is 0.193. The molecule has 94 valence electrons. The van der Waals surface area contributed by atoms with Crippen LogP contribution in [0.5, 0.6) is 0 Å².